The number of urea groups is 1. The molecule has 25 heavy (non-hydrogen) atoms. The molecule has 0 radical (unpaired) electrons. The second-order valence-electron chi connectivity index (χ2n) is 5.98. The molecule has 1 aliphatic heterocycles. The van der Waals surface area contributed by atoms with Gasteiger partial charge in [-0.2, -0.15) is 0 Å². The zero-order valence-electron chi connectivity index (χ0n) is 14.3. The minimum atomic E-state index is -0.672. The predicted molar refractivity (Wildman–Crippen MR) is 102 cm³/mol. The Bertz CT molecular complexity index is 586. The standard InChI is InChI=1S/C17H25ClN4O2.ClH/c1-2-3-8-14(21-17(19)24)16(23)22-10-9-20-11-15(22)12-6-4-5-7-13(12)18;/h4-7,14-15,20H,2-3,8-11H2,1H3,(H3,19,21,24);1H. The molecular weight excluding hydrogens is 363 g/mol. The molecule has 0 spiro atoms. The van der Waals surface area contributed by atoms with Crippen molar-refractivity contribution in [1.29, 1.82) is 0 Å². The maximum Gasteiger partial charge on any atom is 0.312 e. The van der Waals surface area contributed by atoms with E-state index in [1.165, 1.54) is 0 Å². The molecule has 1 heterocycles. The van der Waals surface area contributed by atoms with Crippen molar-refractivity contribution in [2.45, 2.75) is 38.3 Å². The van der Waals surface area contributed by atoms with Gasteiger partial charge in [-0.05, 0) is 18.1 Å². The van der Waals surface area contributed by atoms with E-state index >= 15 is 0 Å². The Morgan fingerprint density at radius 1 is 1.44 bits per heavy atom. The second kappa shape index (κ2) is 10.5. The third-order valence-corrected chi connectivity index (χ3v) is 4.60. The van der Waals surface area contributed by atoms with E-state index in [-0.39, 0.29) is 24.4 Å². The van der Waals surface area contributed by atoms with Crippen LogP contribution in [0, 0.1) is 0 Å². The van der Waals surface area contributed by atoms with E-state index in [1.54, 1.807) is 4.90 Å². The van der Waals surface area contributed by atoms with Crippen LogP contribution in [0.25, 0.3) is 0 Å². The summed E-state index contributed by atoms with van der Waals surface area (Å²) in [6.45, 7) is 3.96. The highest BCUT2D eigenvalue weighted by atomic mass is 35.5. The SMILES string of the molecule is CCCCC(NC(N)=O)C(=O)N1CCNCC1c1ccccc1Cl.Cl. The predicted octanol–water partition coefficient (Wildman–Crippen LogP) is 2.46. The fourth-order valence-corrected chi connectivity index (χ4v) is 3.29. The van der Waals surface area contributed by atoms with Gasteiger partial charge in [0.2, 0.25) is 5.91 Å². The van der Waals surface area contributed by atoms with E-state index < -0.39 is 12.1 Å². The number of hydrogen-bond donors (Lipinski definition) is 3. The van der Waals surface area contributed by atoms with Crippen molar-refractivity contribution in [2.75, 3.05) is 19.6 Å². The van der Waals surface area contributed by atoms with Crippen molar-refractivity contribution in [3.63, 3.8) is 0 Å². The third kappa shape index (κ3) is 5.76. The Kier molecular flexibility index (Phi) is 9.03. The van der Waals surface area contributed by atoms with Gasteiger partial charge < -0.3 is 21.3 Å². The summed E-state index contributed by atoms with van der Waals surface area (Å²) in [4.78, 5) is 26.1. The lowest BCUT2D eigenvalue weighted by molar-refractivity contribution is -0.136. The number of nitrogens with one attached hydrogen (secondary N) is 2. The molecule has 1 aliphatic rings. The van der Waals surface area contributed by atoms with Crippen LogP contribution in [0.5, 0.6) is 0 Å². The van der Waals surface area contributed by atoms with Crippen LogP contribution in [0.1, 0.15) is 37.8 Å². The highest BCUT2D eigenvalue weighted by Gasteiger charge is 2.33. The number of halogens is 2. The first kappa shape index (κ1) is 21.5. The van der Waals surface area contributed by atoms with Gasteiger partial charge in [-0.3, -0.25) is 4.79 Å². The summed E-state index contributed by atoms with van der Waals surface area (Å²) >= 11 is 6.32. The number of carbonyl (C=O) groups excluding carboxylic acids is 2. The summed E-state index contributed by atoms with van der Waals surface area (Å²) in [7, 11) is 0. The van der Waals surface area contributed by atoms with Crippen molar-refractivity contribution in [2.24, 2.45) is 5.73 Å². The zero-order valence-corrected chi connectivity index (χ0v) is 15.9. The number of nitrogens with two attached hydrogens (primary N) is 1. The Hall–Kier alpha value is -1.50. The molecule has 2 atom stereocenters. The molecule has 1 aromatic rings. The van der Waals surface area contributed by atoms with Gasteiger partial charge in [-0.1, -0.05) is 49.6 Å². The van der Waals surface area contributed by atoms with Crippen LogP contribution in [0.3, 0.4) is 0 Å². The molecule has 0 saturated carbocycles. The highest BCUT2D eigenvalue weighted by molar-refractivity contribution is 6.31. The maximum atomic E-state index is 13.0. The molecule has 1 saturated heterocycles. The lowest BCUT2D eigenvalue weighted by atomic mass is 10.0. The van der Waals surface area contributed by atoms with Crippen LogP contribution < -0.4 is 16.4 Å². The first-order valence-corrected chi connectivity index (χ1v) is 8.74. The van der Waals surface area contributed by atoms with Crippen molar-refractivity contribution < 1.29 is 9.59 Å². The summed E-state index contributed by atoms with van der Waals surface area (Å²) in [5.74, 6) is -0.103. The van der Waals surface area contributed by atoms with Crippen LogP contribution in [-0.4, -0.2) is 42.5 Å². The van der Waals surface area contributed by atoms with Gasteiger partial charge in [-0.25, -0.2) is 4.79 Å². The number of piperazine rings is 1. The van der Waals surface area contributed by atoms with E-state index in [2.05, 4.69) is 10.6 Å². The number of rotatable bonds is 6. The molecule has 6 nitrogen and oxygen atoms in total. The van der Waals surface area contributed by atoms with Gasteiger partial charge in [0.1, 0.15) is 6.04 Å². The zero-order chi connectivity index (χ0) is 17.5. The van der Waals surface area contributed by atoms with E-state index in [0.717, 1.165) is 18.4 Å². The molecule has 4 N–H and O–H groups in total. The monoisotopic (exact) mass is 388 g/mol. The fourth-order valence-electron chi connectivity index (χ4n) is 3.03. The van der Waals surface area contributed by atoms with Gasteiger partial charge in [0.15, 0.2) is 0 Å². The molecule has 2 rings (SSSR count). The molecule has 140 valence electrons. The number of unbranched alkanes of at least 4 members (excludes halogenated alkanes) is 1. The van der Waals surface area contributed by atoms with Crippen LogP contribution in [0.15, 0.2) is 24.3 Å². The van der Waals surface area contributed by atoms with Crippen molar-refractivity contribution in [3.8, 4) is 0 Å². The van der Waals surface area contributed by atoms with Crippen molar-refractivity contribution in [3.05, 3.63) is 34.9 Å². The molecule has 0 aromatic heterocycles. The normalized spacial score (nSPS) is 18.2. The fraction of sp³-hybridized carbons (Fsp3) is 0.529. The number of primary amides is 1. The Balaban J connectivity index is 0.00000312. The van der Waals surface area contributed by atoms with Crippen molar-refractivity contribution >= 4 is 35.9 Å². The van der Waals surface area contributed by atoms with Gasteiger partial charge >= 0.3 is 6.03 Å². The number of amides is 3. The molecule has 1 fully saturated rings. The molecular formula is C17H26Cl2N4O2. The minimum absolute atomic E-state index is 0. The maximum absolute atomic E-state index is 13.0. The number of benzene rings is 1. The largest absolute Gasteiger partial charge is 0.352 e. The minimum Gasteiger partial charge on any atom is -0.352 e. The summed E-state index contributed by atoms with van der Waals surface area (Å²) in [6.07, 6.45) is 2.37. The first-order valence-electron chi connectivity index (χ1n) is 8.36. The summed E-state index contributed by atoms with van der Waals surface area (Å²) in [5.41, 5.74) is 6.16. The topological polar surface area (TPSA) is 87.5 Å². The third-order valence-electron chi connectivity index (χ3n) is 4.25. The first-order chi connectivity index (χ1) is 11.5. The van der Waals surface area contributed by atoms with Crippen LogP contribution in [0.2, 0.25) is 5.02 Å². The Labute approximate surface area is 159 Å². The highest BCUT2D eigenvalue weighted by Crippen LogP contribution is 2.29. The number of hydrogen-bond acceptors (Lipinski definition) is 3. The average molecular weight is 389 g/mol. The molecule has 8 heteroatoms. The van der Waals surface area contributed by atoms with Gasteiger partial charge in [-0.15, -0.1) is 12.4 Å². The molecule has 2 unspecified atom stereocenters. The van der Waals surface area contributed by atoms with Crippen LogP contribution >= 0.6 is 24.0 Å². The van der Waals surface area contributed by atoms with E-state index in [0.29, 0.717) is 31.1 Å². The number of carbonyl (C=O) groups is 2. The van der Waals surface area contributed by atoms with Crippen LogP contribution in [-0.2, 0) is 4.79 Å². The van der Waals surface area contributed by atoms with Crippen molar-refractivity contribution in [1.82, 2.24) is 15.5 Å². The second-order valence-corrected chi connectivity index (χ2v) is 6.38. The molecule has 1 aromatic carbocycles. The Morgan fingerprint density at radius 3 is 2.80 bits per heavy atom. The summed E-state index contributed by atoms with van der Waals surface area (Å²) < 4.78 is 0. The van der Waals surface area contributed by atoms with Gasteiger partial charge in [0.25, 0.3) is 0 Å². The Morgan fingerprint density at radius 2 is 2.16 bits per heavy atom. The molecule has 0 bridgehead atoms. The summed E-state index contributed by atoms with van der Waals surface area (Å²) in [5, 5.41) is 6.53. The lowest BCUT2D eigenvalue weighted by Crippen LogP contribution is -2.56. The summed E-state index contributed by atoms with van der Waals surface area (Å²) in [6, 6.07) is 6.12. The quantitative estimate of drug-likeness (QED) is 0.699. The smallest absolute Gasteiger partial charge is 0.312 e. The van der Waals surface area contributed by atoms with E-state index in [1.807, 2.05) is 31.2 Å². The van der Waals surface area contributed by atoms with Gasteiger partial charge in [0, 0.05) is 24.7 Å². The van der Waals surface area contributed by atoms with E-state index in [4.69, 9.17) is 17.3 Å². The average Bonchev–Trinajstić information content (AvgIpc) is 2.58. The van der Waals surface area contributed by atoms with Crippen LogP contribution in [0.4, 0.5) is 4.79 Å². The van der Waals surface area contributed by atoms with E-state index in [9.17, 15) is 9.59 Å². The molecule has 0 aliphatic carbocycles. The number of nitrogens with zero attached hydrogens (tertiary/aromatic N) is 1. The van der Waals surface area contributed by atoms with Gasteiger partial charge in [0.05, 0.1) is 6.04 Å². The molecule has 3 amide bonds. The lowest BCUT2D eigenvalue weighted by Gasteiger charge is -2.39.